The van der Waals surface area contributed by atoms with Gasteiger partial charge in [-0.15, -0.1) is 0 Å². The van der Waals surface area contributed by atoms with Crippen molar-refractivity contribution in [1.82, 2.24) is 15.3 Å². The van der Waals surface area contributed by atoms with E-state index in [1.807, 2.05) is 62.4 Å². The molecular weight excluding hydrogens is 400 g/mol. The zero-order valence-electron chi connectivity index (χ0n) is 18.0. The van der Waals surface area contributed by atoms with Crippen LogP contribution in [-0.4, -0.2) is 27.8 Å². The lowest BCUT2D eigenvalue weighted by atomic mass is 10.0. The molecule has 0 aliphatic rings. The van der Waals surface area contributed by atoms with E-state index in [1.54, 1.807) is 30.6 Å². The fourth-order valence-electron chi connectivity index (χ4n) is 3.49. The van der Waals surface area contributed by atoms with Crippen molar-refractivity contribution in [2.24, 2.45) is 0 Å². The summed E-state index contributed by atoms with van der Waals surface area (Å²) < 4.78 is 0. The molecule has 0 aliphatic carbocycles. The van der Waals surface area contributed by atoms with Crippen molar-refractivity contribution in [3.8, 4) is 11.3 Å². The summed E-state index contributed by atoms with van der Waals surface area (Å²) in [5.74, 6) is -0.248. The summed E-state index contributed by atoms with van der Waals surface area (Å²) in [6.45, 7) is 3.86. The van der Waals surface area contributed by atoms with E-state index in [0.29, 0.717) is 23.4 Å². The van der Waals surface area contributed by atoms with Crippen LogP contribution in [0.15, 0.2) is 79.1 Å². The highest BCUT2D eigenvalue weighted by Crippen LogP contribution is 2.25. The number of nitrogens with one attached hydrogen (secondary N) is 2. The second-order valence-corrected chi connectivity index (χ2v) is 7.86. The summed E-state index contributed by atoms with van der Waals surface area (Å²) in [5.41, 5.74) is 4.35. The van der Waals surface area contributed by atoms with Crippen molar-refractivity contribution < 1.29 is 9.59 Å². The van der Waals surface area contributed by atoms with Crippen LogP contribution in [-0.2, 0) is 11.2 Å². The monoisotopic (exact) mass is 424 g/mol. The fourth-order valence-corrected chi connectivity index (χ4v) is 3.49. The predicted molar refractivity (Wildman–Crippen MR) is 126 cm³/mol. The molecule has 2 N–H and O–H groups in total. The number of pyridine rings is 2. The van der Waals surface area contributed by atoms with Gasteiger partial charge in [0.15, 0.2) is 0 Å². The number of amides is 2. The van der Waals surface area contributed by atoms with E-state index >= 15 is 0 Å². The van der Waals surface area contributed by atoms with Crippen molar-refractivity contribution in [3.63, 3.8) is 0 Å². The van der Waals surface area contributed by atoms with Crippen LogP contribution in [0.4, 0.5) is 5.69 Å². The maximum atomic E-state index is 13.2. The van der Waals surface area contributed by atoms with E-state index < -0.39 is 0 Å². The molecule has 0 saturated carbocycles. The third kappa shape index (κ3) is 4.98. The standard InChI is InChI=1S/C26H24N4O2/c1-17(2)28-25(31)14-18-9-11-20(12-10-18)29-26(32)22-15-24(19-6-5-13-27-16-19)30-23-8-4-3-7-21(22)23/h3-13,15-17H,14H2,1-2H3,(H,28,31)(H,29,32). The lowest BCUT2D eigenvalue weighted by Crippen LogP contribution is -2.31. The molecule has 0 bridgehead atoms. The highest BCUT2D eigenvalue weighted by atomic mass is 16.2. The Hall–Kier alpha value is -4.06. The smallest absolute Gasteiger partial charge is 0.256 e. The molecule has 6 heteroatoms. The second kappa shape index (κ2) is 9.39. The van der Waals surface area contributed by atoms with Gasteiger partial charge in [-0.1, -0.05) is 30.3 Å². The second-order valence-electron chi connectivity index (χ2n) is 7.86. The number of aromatic nitrogens is 2. The molecule has 160 valence electrons. The highest BCUT2D eigenvalue weighted by Gasteiger charge is 2.14. The largest absolute Gasteiger partial charge is 0.354 e. The van der Waals surface area contributed by atoms with E-state index in [2.05, 4.69) is 15.6 Å². The number of benzene rings is 2. The lowest BCUT2D eigenvalue weighted by Gasteiger charge is -2.11. The lowest BCUT2D eigenvalue weighted by molar-refractivity contribution is -0.120. The van der Waals surface area contributed by atoms with Gasteiger partial charge in [0.05, 0.1) is 23.2 Å². The number of rotatable bonds is 6. The minimum absolute atomic E-state index is 0.0250. The van der Waals surface area contributed by atoms with Gasteiger partial charge >= 0.3 is 0 Å². The van der Waals surface area contributed by atoms with Crippen molar-refractivity contribution in [2.45, 2.75) is 26.3 Å². The molecule has 0 spiro atoms. The van der Waals surface area contributed by atoms with Crippen molar-refractivity contribution in [3.05, 3.63) is 90.3 Å². The van der Waals surface area contributed by atoms with Crippen LogP contribution in [0.5, 0.6) is 0 Å². The van der Waals surface area contributed by atoms with Gasteiger partial charge < -0.3 is 10.6 Å². The van der Waals surface area contributed by atoms with Gasteiger partial charge in [-0.25, -0.2) is 4.98 Å². The first-order valence-electron chi connectivity index (χ1n) is 10.5. The molecule has 6 nitrogen and oxygen atoms in total. The maximum absolute atomic E-state index is 13.2. The first-order chi connectivity index (χ1) is 15.5. The molecule has 2 aromatic heterocycles. The van der Waals surface area contributed by atoms with Crippen LogP contribution in [0.2, 0.25) is 0 Å². The Morgan fingerprint density at radius 3 is 2.47 bits per heavy atom. The number of hydrogen-bond donors (Lipinski definition) is 2. The molecule has 4 rings (SSSR count). The Labute approximate surface area is 186 Å². The van der Waals surface area contributed by atoms with Crippen molar-refractivity contribution >= 4 is 28.4 Å². The first kappa shape index (κ1) is 21.2. The number of para-hydroxylation sites is 1. The Morgan fingerprint density at radius 2 is 1.75 bits per heavy atom. The van der Waals surface area contributed by atoms with E-state index in [4.69, 9.17) is 4.98 Å². The first-order valence-corrected chi connectivity index (χ1v) is 10.5. The molecule has 0 saturated heterocycles. The Balaban J connectivity index is 1.58. The third-order valence-corrected chi connectivity index (χ3v) is 4.94. The molecule has 0 atom stereocenters. The van der Waals surface area contributed by atoms with Crippen LogP contribution < -0.4 is 10.6 Å². The number of fused-ring (bicyclic) bond motifs is 1. The zero-order valence-corrected chi connectivity index (χ0v) is 18.0. The normalized spacial score (nSPS) is 10.8. The van der Waals surface area contributed by atoms with Gasteiger partial charge in [0.1, 0.15) is 0 Å². The van der Waals surface area contributed by atoms with E-state index in [1.165, 1.54) is 0 Å². The predicted octanol–water partition coefficient (Wildman–Crippen LogP) is 4.62. The molecule has 0 unspecified atom stereocenters. The molecule has 0 radical (unpaired) electrons. The third-order valence-electron chi connectivity index (χ3n) is 4.94. The summed E-state index contributed by atoms with van der Waals surface area (Å²) in [5, 5.41) is 6.61. The van der Waals surface area contributed by atoms with Gasteiger partial charge in [0.25, 0.3) is 5.91 Å². The number of anilines is 1. The van der Waals surface area contributed by atoms with Crippen molar-refractivity contribution in [2.75, 3.05) is 5.32 Å². The van der Waals surface area contributed by atoms with Crippen LogP contribution in [0.1, 0.15) is 29.8 Å². The number of carbonyl (C=O) groups is 2. The summed E-state index contributed by atoms with van der Waals surface area (Å²) in [4.78, 5) is 34.0. The number of hydrogen-bond acceptors (Lipinski definition) is 4. The number of nitrogens with zero attached hydrogens (tertiary/aromatic N) is 2. The van der Waals surface area contributed by atoms with Crippen LogP contribution in [0.3, 0.4) is 0 Å². The Bertz CT molecular complexity index is 1250. The van der Waals surface area contributed by atoms with E-state index in [-0.39, 0.29) is 17.9 Å². The molecule has 0 fully saturated rings. The molecule has 0 aliphatic heterocycles. The number of carbonyl (C=O) groups excluding carboxylic acids is 2. The molecule has 2 aromatic carbocycles. The summed E-state index contributed by atoms with van der Waals surface area (Å²) in [6.07, 6.45) is 3.73. The minimum atomic E-state index is -0.223. The molecule has 32 heavy (non-hydrogen) atoms. The van der Waals surface area contributed by atoms with E-state index in [0.717, 1.165) is 22.0 Å². The van der Waals surface area contributed by atoms with E-state index in [9.17, 15) is 9.59 Å². The zero-order chi connectivity index (χ0) is 22.5. The molecule has 2 amide bonds. The van der Waals surface area contributed by atoms with Gasteiger partial charge in [0.2, 0.25) is 5.91 Å². The van der Waals surface area contributed by atoms with Crippen LogP contribution >= 0.6 is 0 Å². The SMILES string of the molecule is CC(C)NC(=O)Cc1ccc(NC(=O)c2cc(-c3cccnc3)nc3ccccc23)cc1. The fraction of sp³-hybridized carbons (Fsp3) is 0.154. The van der Waals surface area contributed by atoms with Gasteiger partial charge in [-0.3, -0.25) is 14.6 Å². The van der Waals surface area contributed by atoms with Gasteiger partial charge in [-0.2, -0.15) is 0 Å². The molecular formula is C26H24N4O2. The average Bonchev–Trinajstić information content (AvgIpc) is 2.79. The Kier molecular flexibility index (Phi) is 6.22. The molecule has 4 aromatic rings. The molecule has 2 heterocycles. The summed E-state index contributed by atoms with van der Waals surface area (Å²) in [6, 6.07) is 20.5. The van der Waals surface area contributed by atoms with Crippen LogP contribution in [0, 0.1) is 0 Å². The quantitative estimate of drug-likeness (QED) is 0.473. The Morgan fingerprint density at radius 1 is 0.969 bits per heavy atom. The average molecular weight is 425 g/mol. The minimum Gasteiger partial charge on any atom is -0.354 e. The summed E-state index contributed by atoms with van der Waals surface area (Å²) in [7, 11) is 0. The maximum Gasteiger partial charge on any atom is 0.256 e. The van der Waals surface area contributed by atoms with Crippen molar-refractivity contribution in [1.29, 1.82) is 0 Å². The van der Waals surface area contributed by atoms with Crippen LogP contribution in [0.25, 0.3) is 22.2 Å². The van der Waals surface area contributed by atoms with Gasteiger partial charge in [0, 0.05) is 35.1 Å². The van der Waals surface area contributed by atoms with Gasteiger partial charge in [-0.05, 0) is 55.8 Å². The summed E-state index contributed by atoms with van der Waals surface area (Å²) >= 11 is 0. The topological polar surface area (TPSA) is 84.0 Å². The highest BCUT2D eigenvalue weighted by molar-refractivity contribution is 6.13.